The number of benzene rings is 1. The topological polar surface area (TPSA) is 78.4 Å². The lowest BCUT2D eigenvalue weighted by atomic mass is 10.1. The second kappa shape index (κ2) is 6.31. The third-order valence-electron chi connectivity index (χ3n) is 2.72. The van der Waals surface area contributed by atoms with Crippen LogP contribution in [0.5, 0.6) is 0 Å². The molecule has 1 aromatic carbocycles. The molecule has 0 aliphatic carbocycles. The molecule has 0 spiro atoms. The van der Waals surface area contributed by atoms with Gasteiger partial charge < -0.3 is 15.7 Å². The number of amides is 2. The van der Waals surface area contributed by atoms with Gasteiger partial charge in [-0.05, 0) is 24.5 Å². The minimum absolute atomic E-state index is 0.110. The Hall–Kier alpha value is -2.18. The Morgan fingerprint density at radius 3 is 2.30 bits per heavy atom. The minimum Gasteiger partial charge on any atom is -0.480 e. The van der Waals surface area contributed by atoms with Crippen molar-refractivity contribution in [2.75, 3.05) is 5.32 Å². The number of hydrogen-bond donors (Lipinski definition) is 3. The molecule has 110 valence electrons. The second-order valence-electron chi connectivity index (χ2n) is 4.74. The summed E-state index contributed by atoms with van der Waals surface area (Å²) in [7, 11) is 0. The standard InChI is InChI=1S/C13H16F2N2O3/c1-6(2)11(12(18)19)17-13(20)16-10-5-8(14)7(3)4-9(10)15/h4-6,11H,1-3H3,(H,18,19)(H2,16,17,20). The van der Waals surface area contributed by atoms with Crippen molar-refractivity contribution in [1.29, 1.82) is 0 Å². The van der Waals surface area contributed by atoms with E-state index < -0.39 is 29.7 Å². The van der Waals surface area contributed by atoms with E-state index in [0.717, 1.165) is 12.1 Å². The Balaban J connectivity index is 2.81. The molecule has 0 saturated heterocycles. The van der Waals surface area contributed by atoms with Crippen LogP contribution in [0.4, 0.5) is 19.3 Å². The smallest absolute Gasteiger partial charge is 0.326 e. The average Bonchev–Trinajstić information content (AvgIpc) is 2.32. The van der Waals surface area contributed by atoms with Gasteiger partial charge in [-0.25, -0.2) is 18.4 Å². The van der Waals surface area contributed by atoms with Crippen LogP contribution < -0.4 is 10.6 Å². The van der Waals surface area contributed by atoms with Crippen molar-refractivity contribution < 1.29 is 23.5 Å². The van der Waals surface area contributed by atoms with Gasteiger partial charge in [-0.1, -0.05) is 13.8 Å². The van der Waals surface area contributed by atoms with Crippen molar-refractivity contribution in [1.82, 2.24) is 5.32 Å². The fourth-order valence-electron chi connectivity index (χ4n) is 1.56. The quantitative estimate of drug-likeness (QED) is 0.795. The molecule has 7 heteroatoms. The fourth-order valence-corrected chi connectivity index (χ4v) is 1.56. The first kappa shape index (κ1) is 15.9. The Kier molecular flexibility index (Phi) is 5.01. The molecule has 0 aromatic heterocycles. The highest BCUT2D eigenvalue weighted by atomic mass is 19.1. The van der Waals surface area contributed by atoms with Gasteiger partial charge in [0, 0.05) is 6.07 Å². The van der Waals surface area contributed by atoms with Crippen LogP contribution in [0.3, 0.4) is 0 Å². The van der Waals surface area contributed by atoms with E-state index in [-0.39, 0.29) is 17.2 Å². The number of aliphatic carboxylic acids is 1. The third kappa shape index (κ3) is 3.91. The highest BCUT2D eigenvalue weighted by molar-refractivity contribution is 5.92. The normalized spacial score (nSPS) is 12.1. The molecular weight excluding hydrogens is 270 g/mol. The summed E-state index contributed by atoms with van der Waals surface area (Å²) in [5.41, 5.74) is -0.238. The monoisotopic (exact) mass is 286 g/mol. The molecule has 0 saturated carbocycles. The Morgan fingerprint density at radius 2 is 1.80 bits per heavy atom. The number of nitrogens with one attached hydrogen (secondary N) is 2. The lowest BCUT2D eigenvalue weighted by Crippen LogP contribution is -2.46. The number of carboxylic acid groups (broad SMARTS) is 1. The zero-order chi connectivity index (χ0) is 15.4. The first-order chi connectivity index (χ1) is 9.22. The second-order valence-corrected chi connectivity index (χ2v) is 4.74. The van der Waals surface area contributed by atoms with E-state index in [0.29, 0.717) is 0 Å². The molecule has 0 aliphatic rings. The van der Waals surface area contributed by atoms with Gasteiger partial charge in [0.05, 0.1) is 5.69 Å². The molecule has 1 unspecified atom stereocenters. The van der Waals surface area contributed by atoms with Crippen LogP contribution in [0, 0.1) is 24.5 Å². The lowest BCUT2D eigenvalue weighted by Gasteiger charge is -2.18. The van der Waals surface area contributed by atoms with Crippen LogP contribution in [0.1, 0.15) is 19.4 Å². The number of urea groups is 1. The van der Waals surface area contributed by atoms with E-state index in [9.17, 15) is 18.4 Å². The molecular formula is C13H16F2N2O3. The van der Waals surface area contributed by atoms with Crippen LogP contribution >= 0.6 is 0 Å². The number of anilines is 1. The van der Waals surface area contributed by atoms with Gasteiger partial charge in [-0.15, -0.1) is 0 Å². The summed E-state index contributed by atoms with van der Waals surface area (Å²) < 4.78 is 26.8. The maximum atomic E-state index is 13.5. The van der Waals surface area contributed by atoms with Gasteiger partial charge in [-0.3, -0.25) is 0 Å². The molecule has 1 atom stereocenters. The maximum absolute atomic E-state index is 13.5. The number of hydrogen-bond acceptors (Lipinski definition) is 2. The van der Waals surface area contributed by atoms with E-state index in [4.69, 9.17) is 5.11 Å². The van der Waals surface area contributed by atoms with Gasteiger partial charge in [0.15, 0.2) is 0 Å². The predicted molar refractivity (Wildman–Crippen MR) is 69.5 cm³/mol. The number of carbonyl (C=O) groups is 2. The lowest BCUT2D eigenvalue weighted by molar-refractivity contribution is -0.140. The summed E-state index contributed by atoms with van der Waals surface area (Å²) >= 11 is 0. The average molecular weight is 286 g/mol. The summed E-state index contributed by atoms with van der Waals surface area (Å²) in [6.45, 7) is 4.62. The first-order valence-corrected chi connectivity index (χ1v) is 5.98. The van der Waals surface area contributed by atoms with Crippen molar-refractivity contribution in [2.45, 2.75) is 26.8 Å². The van der Waals surface area contributed by atoms with Gasteiger partial charge >= 0.3 is 12.0 Å². The summed E-state index contributed by atoms with van der Waals surface area (Å²) in [5, 5.41) is 13.2. The molecule has 0 heterocycles. The van der Waals surface area contributed by atoms with Gasteiger partial charge in [0.1, 0.15) is 17.7 Å². The summed E-state index contributed by atoms with van der Waals surface area (Å²) in [6.07, 6.45) is 0. The number of halogens is 2. The van der Waals surface area contributed by atoms with E-state index in [2.05, 4.69) is 10.6 Å². The fraction of sp³-hybridized carbons (Fsp3) is 0.385. The third-order valence-corrected chi connectivity index (χ3v) is 2.72. The van der Waals surface area contributed by atoms with Crippen LogP contribution in [0.2, 0.25) is 0 Å². The first-order valence-electron chi connectivity index (χ1n) is 5.98. The van der Waals surface area contributed by atoms with E-state index in [1.54, 1.807) is 13.8 Å². The van der Waals surface area contributed by atoms with E-state index in [1.165, 1.54) is 6.92 Å². The zero-order valence-electron chi connectivity index (χ0n) is 11.3. The SMILES string of the molecule is Cc1cc(F)c(NC(=O)NC(C(=O)O)C(C)C)cc1F. The minimum atomic E-state index is -1.20. The maximum Gasteiger partial charge on any atom is 0.326 e. The largest absolute Gasteiger partial charge is 0.480 e. The Bertz CT molecular complexity index is 533. The number of carbonyl (C=O) groups excluding carboxylic acids is 1. The predicted octanol–water partition coefficient (Wildman–Crippen LogP) is 2.50. The summed E-state index contributed by atoms with van der Waals surface area (Å²) in [6, 6.07) is -0.237. The van der Waals surface area contributed by atoms with Crippen molar-refractivity contribution in [3.63, 3.8) is 0 Å². The molecule has 2 amide bonds. The molecule has 1 aromatic rings. The van der Waals surface area contributed by atoms with Crippen molar-refractivity contribution >= 4 is 17.7 Å². The molecule has 0 radical (unpaired) electrons. The molecule has 5 nitrogen and oxygen atoms in total. The van der Waals surface area contributed by atoms with E-state index in [1.807, 2.05) is 0 Å². The Labute approximate surface area is 115 Å². The number of aryl methyl sites for hydroxylation is 1. The van der Waals surface area contributed by atoms with E-state index >= 15 is 0 Å². The molecule has 0 bridgehead atoms. The molecule has 0 aliphatic heterocycles. The zero-order valence-corrected chi connectivity index (χ0v) is 11.3. The van der Waals surface area contributed by atoms with Crippen LogP contribution in [0.25, 0.3) is 0 Å². The molecule has 3 N–H and O–H groups in total. The van der Waals surface area contributed by atoms with Crippen LogP contribution in [0.15, 0.2) is 12.1 Å². The van der Waals surface area contributed by atoms with Crippen molar-refractivity contribution in [3.8, 4) is 0 Å². The van der Waals surface area contributed by atoms with Gasteiger partial charge in [0.25, 0.3) is 0 Å². The number of rotatable bonds is 4. The van der Waals surface area contributed by atoms with Gasteiger partial charge in [-0.2, -0.15) is 0 Å². The highest BCUT2D eigenvalue weighted by Crippen LogP contribution is 2.18. The highest BCUT2D eigenvalue weighted by Gasteiger charge is 2.23. The van der Waals surface area contributed by atoms with Crippen LogP contribution in [-0.4, -0.2) is 23.1 Å². The number of carboxylic acids is 1. The van der Waals surface area contributed by atoms with Gasteiger partial charge in [0.2, 0.25) is 0 Å². The molecule has 0 fully saturated rings. The molecule has 1 rings (SSSR count). The van der Waals surface area contributed by atoms with Crippen molar-refractivity contribution in [3.05, 3.63) is 29.3 Å². The summed E-state index contributed by atoms with van der Waals surface area (Å²) in [5.74, 6) is -3.01. The van der Waals surface area contributed by atoms with Crippen LogP contribution in [-0.2, 0) is 4.79 Å². The summed E-state index contributed by atoms with van der Waals surface area (Å²) in [4.78, 5) is 22.5. The molecule has 20 heavy (non-hydrogen) atoms. The van der Waals surface area contributed by atoms with Crippen molar-refractivity contribution in [2.24, 2.45) is 5.92 Å². The Morgan fingerprint density at radius 1 is 1.20 bits per heavy atom.